The number of amides is 2. The van der Waals surface area contributed by atoms with Crippen LogP contribution in [0.15, 0.2) is 36.4 Å². The van der Waals surface area contributed by atoms with Gasteiger partial charge in [0.1, 0.15) is 6.04 Å². The summed E-state index contributed by atoms with van der Waals surface area (Å²) in [5, 5.41) is 5.62. The molecule has 0 spiro atoms. The van der Waals surface area contributed by atoms with Crippen molar-refractivity contribution in [3.05, 3.63) is 57.3 Å². The number of nitrogens with one attached hydrogen (secondary N) is 2. The average Bonchev–Trinajstić information content (AvgIpc) is 3.12. The molecule has 1 aliphatic rings. The number of carbonyl (C=O) groups is 2. The van der Waals surface area contributed by atoms with Gasteiger partial charge < -0.3 is 10.6 Å². The van der Waals surface area contributed by atoms with E-state index in [4.69, 9.17) is 0 Å². The third kappa shape index (κ3) is 5.59. The molecule has 2 amide bonds. The van der Waals surface area contributed by atoms with Gasteiger partial charge in [0.05, 0.1) is 5.56 Å². The maximum atomic E-state index is 13.0. The first-order chi connectivity index (χ1) is 13.7. The molecule has 1 aromatic carbocycles. The lowest BCUT2D eigenvalue weighted by Crippen LogP contribution is -2.44. The van der Waals surface area contributed by atoms with Crippen LogP contribution in [-0.4, -0.2) is 17.9 Å². The van der Waals surface area contributed by atoms with Gasteiger partial charge in [0, 0.05) is 21.4 Å². The quantitative estimate of drug-likeness (QED) is 0.710. The molecule has 2 aromatic rings. The standard InChI is InChI=1S/C21H23F3N2O2S/c1-13-10-11-17(29-13)18(20(28)25-16-8-3-2-4-9-16)26-19(27)14-6-5-7-15(12-14)21(22,23)24/h5-7,10-12,16,18H,2-4,8-9H2,1H3,(H,25,28)(H,26,27). The highest BCUT2D eigenvalue weighted by atomic mass is 32.1. The van der Waals surface area contributed by atoms with E-state index in [1.54, 1.807) is 6.07 Å². The zero-order chi connectivity index (χ0) is 21.0. The van der Waals surface area contributed by atoms with Gasteiger partial charge in [0.15, 0.2) is 0 Å². The maximum Gasteiger partial charge on any atom is 0.416 e. The normalized spacial score (nSPS) is 16.3. The van der Waals surface area contributed by atoms with E-state index in [1.165, 1.54) is 23.5 Å². The lowest BCUT2D eigenvalue weighted by atomic mass is 9.95. The first kappa shape index (κ1) is 21.4. The Morgan fingerprint density at radius 1 is 1.10 bits per heavy atom. The van der Waals surface area contributed by atoms with Crippen LogP contribution in [0.4, 0.5) is 13.2 Å². The Morgan fingerprint density at radius 3 is 2.45 bits per heavy atom. The highest BCUT2D eigenvalue weighted by Gasteiger charge is 2.32. The summed E-state index contributed by atoms with van der Waals surface area (Å²) < 4.78 is 38.9. The number of benzene rings is 1. The fourth-order valence-electron chi connectivity index (χ4n) is 3.46. The highest BCUT2D eigenvalue weighted by Crippen LogP contribution is 2.30. The van der Waals surface area contributed by atoms with Gasteiger partial charge >= 0.3 is 6.18 Å². The van der Waals surface area contributed by atoms with Crippen molar-refractivity contribution in [3.8, 4) is 0 Å². The van der Waals surface area contributed by atoms with Crippen LogP contribution in [0.3, 0.4) is 0 Å². The van der Waals surface area contributed by atoms with E-state index in [1.807, 2.05) is 13.0 Å². The predicted molar refractivity (Wildman–Crippen MR) is 106 cm³/mol. The largest absolute Gasteiger partial charge is 0.416 e. The predicted octanol–water partition coefficient (Wildman–Crippen LogP) is 5.00. The van der Waals surface area contributed by atoms with Gasteiger partial charge in [0.25, 0.3) is 5.91 Å². The fourth-order valence-corrected chi connectivity index (χ4v) is 4.38. The van der Waals surface area contributed by atoms with Crippen LogP contribution in [0.2, 0.25) is 0 Å². The number of hydrogen-bond acceptors (Lipinski definition) is 3. The molecular formula is C21H23F3N2O2S. The van der Waals surface area contributed by atoms with Crippen LogP contribution < -0.4 is 10.6 Å². The lowest BCUT2D eigenvalue weighted by Gasteiger charge is -2.25. The van der Waals surface area contributed by atoms with Crippen LogP contribution in [-0.2, 0) is 11.0 Å². The summed E-state index contributed by atoms with van der Waals surface area (Å²) >= 11 is 1.38. The van der Waals surface area contributed by atoms with Gasteiger partial charge in [-0.1, -0.05) is 25.3 Å². The summed E-state index contributed by atoms with van der Waals surface area (Å²) in [5.74, 6) is -1.05. The van der Waals surface area contributed by atoms with E-state index >= 15 is 0 Å². The van der Waals surface area contributed by atoms with E-state index in [9.17, 15) is 22.8 Å². The number of thiophene rings is 1. The van der Waals surface area contributed by atoms with E-state index in [-0.39, 0.29) is 17.5 Å². The Morgan fingerprint density at radius 2 is 1.83 bits per heavy atom. The molecule has 0 bridgehead atoms. The molecular weight excluding hydrogens is 401 g/mol. The van der Waals surface area contributed by atoms with Crippen molar-refractivity contribution < 1.29 is 22.8 Å². The molecule has 0 aliphatic heterocycles. The first-order valence-corrected chi connectivity index (χ1v) is 10.4. The number of hydrogen-bond donors (Lipinski definition) is 2. The molecule has 1 unspecified atom stereocenters. The van der Waals surface area contributed by atoms with Crippen molar-refractivity contribution in [1.82, 2.24) is 10.6 Å². The molecule has 4 nitrogen and oxygen atoms in total. The number of aryl methyl sites for hydroxylation is 1. The lowest BCUT2D eigenvalue weighted by molar-refractivity contribution is -0.137. The topological polar surface area (TPSA) is 58.2 Å². The summed E-state index contributed by atoms with van der Waals surface area (Å²) in [7, 11) is 0. The minimum atomic E-state index is -4.54. The Hall–Kier alpha value is -2.35. The SMILES string of the molecule is Cc1ccc(C(NC(=O)c2cccc(C(F)(F)F)c2)C(=O)NC2CCCCC2)s1. The van der Waals surface area contributed by atoms with Crippen LogP contribution in [0.25, 0.3) is 0 Å². The van der Waals surface area contributed by atoms with Gasteiger partial charge in [-0.25, -0.2) is 0 Å². The second-order valence-corrected chi connectivity index (χ2v) is 8.60. The molecule has 0 radical (unpaired) electrons. The van der Waals surface area contributed by atoms with Gasteiger partial charge in [0.2, 0.25) is 5.91 Å². The molecule has 0 saturated heterocycles. The molecule has 3 rings (SSSR count). The van der Waals surface area contributed by atoms with Crippen molar-refractivity contribution >= 4 is 23.2 Å². The molecule has 1 aliphatic carbocycles. The maximum absolute atomic E-state index is 13.0. The summed E-state index contributed by atoms with van der Waals surface area (Å²) in [6.07, 6.45) is 0.479. The van der Waals surface area contributed by atoms with Crippen LogP contribution in [0.5, 0.6) is 0 Å². The molecule has 8 heteroatoms. The first-order valence-electron chi connectivity index (χ1n) is 9.59. The zero-order valence-corrected chi connectivity index (χ0v) is 16.8. The molecule has 1 atom stereocenters. The number of alkyl halides is 3. The second-order valence-electron chi connectivity index (χ2n) is 7.28. The minimum absolute atomic E-state index is 0.0604. The Labute approximate surface area is 171 Å². The van der Waals surface area contributed by atoms with E-state index in [0.29, 0.717) is 4.88 Å². The van der Waals surface area contributed by atoms with Crippen molar-refractivity contribution in [2.75, 3.05) is 0 Å². The summed E-state index contributed by atoms with van der Waals surface area (Å²) in [6, 6.07) is 6.92. The molecule has 1 saturated carbocycles. The molecule has 29 heavy (non-hydrogen) atoms. The van der Waals surface area contributed by atoms with E-state index in [2.05, 4.69) is 10.6 Å². The monoisotopic (exact) mass is 424 g/mol. The molecule has 156 valence electrons. The van der Waals surface area contributed by atoms with Gasteiger partial charge in [-0.2, -0.15) is 13.2 Å². The van der Waals surface area contributed by atoms with Gasteiger partial charge in [-0.15, -0.1) is 11.3 Å². The smallest absolute Gasteiger partial charge is 0.351 e. The minimum Gasteiger partial charge on any atom is -0.351 e. The molecule has 2 N–H and O–H groups in total. The molecule has 1 aromatic heterocycles. The fraction of sp³-hybridized carbons (Fsp3) is 0.429. The average molecular weight is 424 g/mol. The summed E-state index contributed by atoms with van der Waals surface area (Å²) in [4.78, 5) is 27.2. The molecule has 1 fully saturated rings. The van der Waals surface area contributed by atoms with Gasteiger partial charge in [-0.05, 0) is 50.1 Å². The highest BCUT2D eigenvalue weighted by molar-refractivity contribution is 7.12. The number of rotatable bonds is 5. The van der Waals surface area contributed by atoms with E-state index < -0.39 is 23.7 Å². The summed E-state index contributed by atoms with van der Waals surface area (Å²) in [6.45, 7) is 1.89. The van der Waals surface area contributed by atoms with Crippen molar-refractivity contribution in [1.29, 1.82) is 0 Å². The third-order valence-corrected chi connectivity index (χ3v) is 6.05. The Kier molecular flexibility index (Phi) is 6.62. The molecule has 1 heterocycles. The van der Waals surface area contributed by atoms with Gasteiger partial charge in [-0.3, -0.25) is 9.59 Å². The third-order valence-electron chi connectivity index (χ3n) is 4.99. The van der Waals surface area contributed by atoms with Crippen LogP contribution in [0.1, 0.15) is 63.8 Å². The second kappa shape index (κ2) is 8.98. The van der Waals surface area contributed by atoms with Crippen molar-refractivity contribution in [3.63, 3.8) is 0 Å². The Balaban J connectivity index is 1.79. The van der Waals surface area contributed by atoms with Crippen molar-refractivity contribution in [2.24, 2.45) is 0 Å². The van der Waals surface area contributed by atoms with Crippen molar-refractivity contribution in [2.45, 2.75) is 57.3 Å². The Bertz CT molecular complexity index is 873. The van der Waals surface area contributed by atoms with Crippen LogP contribution >= 0.6 is 11.3 Å². The van der Waals surface area contributed by atoms with E-state index in [0.717, 1.165) is 49.1 Å². The number of carbonyl (C=O) groups excluding carboxylic acids is 2. The van der Waals surface area contributed by atoms with Crippen LogP contribution in [0, 0.1) is 6.92 Å². The number of halogens is 3. The zero-order valence-electron chi connectivity index (χ0n) is 16.0. The summed E-state index contributed by atoms with van der Waals surface area (Å²) in [5.41, 5.74) is -1.04.